The van der Waals surface area contributed by atoms with Crippen molar-refractivity contribution in [3.05, 3.63) is 48.5 Å². The van der Waals surface area contributed by atoms with Crippen molar-refractivity contribution in [3.63, 3.8) is 0 Å². The molecule has 0 aliphatic heterocycles. The summed E-state index contributed by atoms with van der Waals surface area (Å²) in [5.74, 6) is 0.485. The van der Waals surface area contributed by atoms with Gasteiger partial charge in [0, 0.05) is 18.0 Å². The Morgan fingerprint density at radius 1 is 1.35 bits per heavy atom. The molecular formula is C15H18N2O3. The minimum atomic E-state index is -0.238. The molecule has 0 saturated heterocycles. The Morgan fingerprint density at radius 2 is 2.20 bits per heavy atom. The van der Waals surface area contributed by atoms with Crippen LogP contribution in [-0.2, 0) is 22.5 Å². The second-order valence-electron chi connectivity index (χ2n) is 4.24. The smallest absolute Gasteiger partial charge is 0.310 e. The lowest BCUT2D eigenvalue weighted by molar-refractivity contribution is -0.142. The summed E-state index contributed by atoms with van der Waals surface area (Å²) in [6.07, 6.45) is 5.59. The second kappa shape index (κ2) is 7.33. The number of nitrogens with zero attached hydrogens (tertiary/aromatic N) is 2. The van der Waals surface area contributed by atoms with Crippen LogP contribution in [0, 0.1) is 0 Å². The third-order valence-electron chi connectivity index (χ3n) is 2.78. The summed E-state index contributed by atoms with van der Waals surface area (Å²) in [6, 6.07) is 7.52. The Labute approximate surface area is 118 Å². The number of carbonyl (C=O) groups is 1. The van der Waals surface area contributed by atoms with E-state index in [0.717, 1.165) is 11.3 Å². The van der Waals surface area contributed by atoms with Crippen molar-refractivity contribution < 1.29 is 14.3 Å². The van der Waals surface area contributed by atoms with Gasteiger partial charge in [0.1, 0.15) is 12.4 Å². The molecule has 1 aromatic heterocycles. The number of imidazole rings is 1. The average Bonchev–Trinajstić information content (AvgIpc) is 2.94. The molecule has 0 N–H and O–H groups in total. The summed E-state index contributed by atoms with van der Waals surface area (Å²) in [7, 11) is 0. The van der Waals surface area contributed by atoms with E-state index in [1.807, 2.05) is 35.0 Å². The van der Waals surface area contributed by atoms with Gasteiger partial charge >= 0.3 is 5.97 Å². The molecule has 0 bridgehead atoms. The van der Waals surface area contributed by atoms with Gasteiger partial charge < -0.3 is 14.0 Å². The van der Waals surface area contributed by atoms with E-state index in [0.29, 0.717) is 19.8 Å². The number of esters is 1. The van der Waals surface area contributed by atoms with E-state index in [4.69, 9.17) is 9.47 Å². The zero-order valence-electron chi connectivity index (χ0n) is 11.5. The first-order chi connectivity index (χ1) is 9.79. The van der Waals surface area contributed by atoms with Gasteiger partial charge in [-0.05, 0) is 13.0 Å². The van der Waals surface area contributed by atoms with Crippen LogP contribution in [0.3, 0.4) is 0 Å². The number of hydrogen-bond acceptors (Lipinski definition) is 4. The minimum absolute atomic E-state index is 0.231. The van der Waals surface area contributed by atoms with E-state index < -0.39 is 0 Å². The molecule has 0 aliphatic rings. The predicted octanol–water partition coefficient (Wildman–Crippen LogP) is 2.07. The van der Waals surface area contributed by atoms with Gasteiger partial charge in [-0.1, -0.05) is 18.2 Å². The molecule has 1 heterocycles. The van der Waals surface area contributed by atoms with Crippen molar-refractivity contribution in [2.45, 2.75) is 19.9 Å². The van der Waals surface area contributed by atoms with Gasteiger partial charge in [0.25, 0.3) is 0 Å². The van der Waals surface area contributed by atoms with Crippen molar-refractivity contribution in [1.82, 2.24) is 9.55 Å². The number of hydrogen-bond donors (Lipinski definition) is 0. The van der Waals surface area contributed by atoms with E-state index >= 15 is 0 Å². The molecule has 0 fully saturated rings. The molecule has 0 spiro atoms. The summed E-state index contributed by atoms with van der Waals surface area (Å²) < 4.78 is 12.6. The van der Waals surface area contributed by atoms with Gasteiger partial charge in [-0.2, -0.15) is 0 Å². The van der Waals surface area contributed by atoms with E-state index in [9.17, 15) is 4.79 Å². The summed E-state index contributed by atoms with van der Waals surface area (Å²) in [5.41, 5.74) is 0.844. The van der Waals surface area contributed by atoms with Crippen molar-refractivity contribution in [2.24, 2.45) is 0 Å². The molecule has 0 saturated carbocycles. The highest BCUT2D eigenvalue weighted by molar-refractivity contribution is 5.73. The van der Waals surface area contributed by atoms with Crippen LogP contribution in [0.1, 0.15) is 12.5 Å². The summed E-state index contributed by atoms with van der Waals surface area (Å²) in [5, 5.41) is 0. The number of benzene rings is 1. The maximum absolute atomic E-state index is 11.5. The molecule has 106 valence electrons. The third kappa shape index (κ3) is 4.12. The number of ether oxygens (including phenoxy) is 2. The molecule has 5 heteroatoms. The zero-order valence-corrected chi connectivity index (χ0v) is 11.5. The Morgan fingerprint density at radius 3 is 2.95 bits per heavy atom. The van der Waals surface area contributed by atoms with Crippen LogP contribution in [-0.4, -0.2) is 28.7 Å². The van der Waals surface area contributed by atoms with Crippen molar-refractivity contribution in [3.8, 4) is 5.75 Å². The largest absolute Gasteiger partial charge is 0.491 e. The maximum Gasteiger partial charge on any atom is 0.310 e. The van der Waals surface area contributed by atoms with E-state index in [2.05, 4.69) is 4.98 Å². The summed E-state index contributed by atoms with van der Waals surface area (Å²) in [6.45, 7) is 3.43. The lowest BCUT2D eigenvalue weighted by atomic mass is 10.1. The Hall–Kier alpha value is -2.30. The number of rotatable bonds is 7. The zero-order chi connectivity index (χ0) is 14.2. The molecule has 1 aromatic carbocycles. The average molecular weight is 274 g/mol. The quantitative estimate of drug-likeness (QED) is 0.725. The predicted molar refractivity (Wildman–Crippen MR) is 74.5 cm³/mol. The fourth-order valence-corrected chi connectivity index (χ4v) is 1.84. The van der Waals surface area contributed by atoms with Gasteiger partial charge in [0.2, 0.25) is 0 Å². The highest BCUT2D eigenvalue weighted by Gasteiger charge is 2.09. The monoisotopic (exact) mass is 274 g/mol. The Balaban J connectivity index is 1.91. The molecule has 2 rings (SSSR count). The van der Waals surface area contributed by atoms with Crippen molar-refractivity contribution in [2.75, 3.05) is 13.2 Å². The number of carbonyl (C=O) groups excluding carboxylic acids is 1. The van der Waals surface area contributed by atoms with Crippen molar-refractivity contribution in [1.29, 1.82) is 0 Å². The first-order valence-electron chi connectivity index (χ1n) is 6.61. The van der Waals surface area contributed by atoms with Gasteiger partial charge in [-0.15, -0.1) is 0 Å². The van der Waals surface area contributed by atoms with Crippen LogP contribution >= 0.6 is 0 Å². The maximum atomic E-state index is 11.5. The number of aromatic nitrogens is 2. The molecule has 0 aliphatic carbocycles. The molecule has 20 heavy (non-hydrogen) atoms. The molecule has 0 unspecified atom stereocenters. The normalized spacial score (nSPS) is 10.2. The number of para-hydroxylation sites is 1. The fraction of sp³-hybridized carbons (Fsp3) is 0.333. The summed E-state index contributed by atoms with van der Waals surface area (Å²) >= 11 is 0. The Bertz CT molecular complexity index is 538. The molecule has 2 aromatic rings. The highest BCUT2D eigenvalue weighted by atomic mass is 16.5. The lowest BCUT2D eigenvalue weighted by Crippen LogP contribution is -2.11. The topological polar surface area (TPSA) is 53.4 Å². The van der Waals surface area contributed by atoms with Crippen molar-refractivity contribution >= 4 is 5.97 Å². The van der Waals surface area contributed by atoms with E-state index in [1.54, 1.807) is 19.4 Å². The van der Waals surface area contributed by atoms with Crippen LogP contribution in [0.15, 0.2) is 43.0 Å². The third-order valence-corrected chi connectivity index (χ3v) is 2.78. The van der Waals surface area contributed by atoms with Gasteiger partial charge in [0.05, 0.1) is 25.9 Å². The van der Waals surface area contributed by atoms with Crippen LogP contribution in [0.4, 0.5) is 0 Å². The first-order valence-corrected chi connectivity index (χ1v) is 6.61. The SMILES string of the molecule is CCOC(=O)Cc1ccccc1OCCn1ccnc1. The second-order valence-corrected chi connectivity index (χ2v) is 4.24. The first kappa shape index (κ1) is 14.1. The fourth-order valence-electron chi connectivity index (χ4n) is 1.84. The van der Waals surface area contributed by atoms with Crippen LogP contribution in [0.2, 0.25) is 0 Å². The minimum Gasteiger partial charge on any atom is -0.491 e. The summed E-state index contributed by atoms with van der Waals surface area (Å²) in [4.78, 5) is 15.5. The lowest BCUT2D eigenvalue weighted by Gasteiger charge is -2.11. The van der Waals surface area contributed by atoms with E-state index in [1.165, 1.54) is 0 Å². The Kier molecular flexibility index (Phi) is 5.17. The standard InChI is InChI=1S/C15H18N2O3/c1-2-19-15(18)11-13-5-3-4-6-14(13)20-10-9-17-8-7-16-12-17/h3-8,12H,2,9-11H2,1H3. The van der Waals surface area contributed by atoms with E-state index in [-0.39, 0.29) is 12.4 Å². The van der Waals surface area contributed by atoms with Crippen LogP contribution < -0.4 is 4.74 Å². The van der Waals surface area contributed by atoms with Gasteiger partial charge in [-0.25, -0.2) is 4.98 Å². The molecule has 0 atom stereocenters. The molecule has 5 nitrogen and oxygen atoms in total. The molecule has 0 radical (unpaired) electrons. The van der Waals surface area contributed by atoms with Gasteiger partial charge in [0.15, 0.2) is 0 Å². The highest BCUT2D eigenvalue weighted by Crippen LogP contribution is 2.19. The molecular weight excluding hydrogens is 256 g/mol. The van der Waals surface area contributed by atoms with Gasteiger partial charge in [-0.3, -0.25) is 4.79 Å². The van der Waals surface area contributed by atoms with Crippen LogP contribution in [0.25, 0.3) is 0 Å². The molecule has 0 amide bonds. The van der Waals surface area contributed by atoms with Crippen LogP contribution in [0.5, 0.6) is 5.75 Å².